The molecule has 5 nitrogen and oxygen atoms in total. The van der Waals surface area contributed by atoms with Gasteiger partial charge in [-0.25, -0.2) is 0 Å². The van der Waals surface area contributed by atoms with Crippen LogP contribution in [0.4, 0.5) is 0 Å². The smallest absolute Gasteiger partial charge is 0.270 e. The molecule has 0 unspecified atom stereocenters. The predicted molar refractivity (Wildman–Crippen MR) is 71.5 cm³/mol. The molecule has 1 fully saturated rings. The molecule has 0 atom stereocenters. The van der Waals surface area contributed by atoms with Crippen molar-refractivity contribution in [3.8, 4) is 6.07 Å². The van der Waals surface area contributed by atoms with Crippen molar-refractivity contribution in [2.45, 2.75) is 58.0 Å². The fourth-order valence-corrected chi connectivity index (χ4v) is 2.67. The Morgan fingerprint density at radius 1 is 1.53 bits per heavy atom. The van der Waals surface area contributed by atoms with Crippen LogP contribution in [0.3, 0.4) is 0 Å². The van der Waals surface area contributed by atoms with E-state index in [1.54, 1.807) is 10.7 Å². The van der Waals surface area contributed by atoms with Crippen molar-refractivity contribution in [3.63, 3.8) is 0 Å². The summed E-state index contributed by atoms with van der Waals surface area (Å²) in [5.74, 6) is -0.189. The average molecular weight is 260 g/mol. The second kappa shape index (κ2) is 5.43. The van der Waals surface area contributed by atoms with Crippen molar-refractivity contribution >= 4 is 5.91 Å². The number of hydrogen-bond acceptors (Lipinski definition) is 3. The van der Waals surface area contributed by atoms with Gasteiger partial charge in [-0.15, -0.1) is 0 Å². The van der Waals surface area contributed by atoms with Crippen molar-refractivity contribution in [2.75, 3.05) is 0 Å². The normalized spacial score (nSPS) is 17.7. The number of hydrogen-bond donors (Lipinski definition) is 1. The fourth-order valence-electron chi connectivity index (χ4n) is 2.67. The maximum Gasteiger partial charge on any atom is 0.270 e. The van der Waals surface area contributed by atoms with E-state index in [-0.39, 0.29) is 5.91 Å². The number of rotatable bonds is 3. The third kappa shape index (κ3) is 2.78. The molecule has 0 spiro atoms. The van der Waals surface area contributed by atoms with E-state index in [9.17, 15) is 10.1 Å². The van der Waals surface area contributed by atoms with Crippen LogP contribution >= 0.6 is 0 Å². The standard InChI is InChI=1S/C14H20N4O/c1-3-18-12(9-11(2)17-18)13(19)16-14(10-15)7-5-4-6-8-14/h9H,3-8H2,1-2H3,(H,16,19). The van der Waals surface area contributed by atoms with Crippen molar-refractivity contribution in [3.05, 3.63) is 17.5 Å². The Bertz CT molecular complexity index is 506. The zero-order valence-corrected chi connectivity index (χ0v) is 11.6. The minimum atomic E-state index is -0.688. The lowest BCUT2D eigenvalue weighted by Gasteiger charge is -2.31. The molecule has 1 aliphatic rings. The Morgan fingerprint density at radius 2 is 2.21 bits per heavy atom. The minimum absolute atomic E-state index is 0.189. The van der Waals surface area contributed by atoms with Gasteiger partial charge in [0.15, 0.2) is 0 Å². The maximum atomic E-state index is 12.3. The van der Waals surface area contributed by atoms with Crippen LogP contribution in [0.1, 0.15) is 55.2 Å². The first-order valence-corrected chi connectivity index (χ1v) is 6.88. The van der Waals surface area contributed by atoms with Gasteiger partial charge in [0.1, 0.15) is 11.2 Å². The fraction of sp³-hybridized carbons (Fsp3) is 0.643. The summed E-state index contributed by atoms with van der Waals surface area (Å²) in [7, 11) is 0. The molecule has 0 aromatic carbocycles. The summed E-state index contributed by atoms with van der Waals surface area (Å²) in [6, 6.07) is 4.07. The Morgan fingerprint density at radius 3 is 2.79 bits per heavy atom. The van der Waals surface area contributed by atoms with Crippen LogP contribution in [0.5, 0.6) is 0 Å². The maximum absolute atomic E-state index is 12.3. The van der Waals surface area contributed by atoms with Crippen molar-refractivity contribution in [2.24, 2.45) is 0 Å². The molecule has 1 amide bonds. The van der Waals surface area contributed by atoms with E-state index in [2.05, 4.69) is 16.5 Å². The van der Waals surface area contributed by atoms with Gasteiger partial charge in [0, 0.05) is 6.54 Å². The third-order valence-electron chi connectivity index (χ3n) is 3.71. The van der Waals surface area contributed by atoms with Gasteiger partial charge in [0.2, 0.25) is 0 Å². The highest BCUT2D eigenvalue weighted by Gasteiger charge is 2.34. The third-order valence-corrected chi connectivity index (χ3v) is 3.71. The quantitative estimate of drug-likeness (QED) is 0.905. The van der Waals surface area contributed by atoms with E-state index in [1.807, 2.05) is 13.8 Å². The Kier molecular flexibility index (Phi) is 3.89. The molecule has 1 aliphatic carbocycles. The molecular formula is C14H20N4O. The highest BCUT2D eigenvalue weighted by molar-refractivity contribution is 5.93. The van der Waals surface area contributed by atoms with Crippen molar-refractivity contribution < 1.29 is 4.79 Å². The van der Waals surface area contributed by atoms with Gasteiger partial charge in [0.25, 0.3) is 5.91 Å². The molecule has 0 bridgehead atoms. The zero-order chi connectivity index (χ0) is 13.9. The molecule has 5 heteroatoms. The molecule has 102 valence electrons. The summed E-state index contributed by atoms with van der Waals surface area (Å²) < 4.78 is 1.68. The SMILES string of the molecule is CCn1nc(C)cc1C(=O)NC1(C#N)CCCCC1. The van der Waals surface area contributed by atoms with Gasteiger partial charge >= 0.3 is 0 Å². The molecule has 1 saturated carbocycles. The molecule has 1 aromatic heterocycles. The van der Waals surface area contributed by atoms with Crippen LogP contribution < -0.4 is 5.32 Å². The molecule has 1 aromatic rings. The Labute approximate surface area is 113 Å². The summed E-state index contributed by atoms with van der Waals surface area (Å²) in [6.45, 7) is 4.46. The van der Waals surface area contributed by atoms with E-state index in [0.29, 0.717) is 12.2 Å². The molecule has 0 radical (unpaired) electrons. The van der Waals surface area contributed by atoms with Crippen molar-refractivity contribution in [1.29, 1.82) is 5.26 Å². The Hall–Kier alpha value is -1.83. The topological polar surface area (TPSA) is 70.7 Å². The molecule has 1 N–H and O–H groups in total. The number of carbonyl (C=O) groups excluding carboxylic acids is 1. The zero-order valence-electron chi connectivity index (χ0n) is 11.6. The second-order valence-electron chi connectivity index (χ2n) is 5.20. The summed E-state index contributed by atoms with van der Waals surface area (Å²) >= 11 is 0. The van der Waals surface area contributed by atoms with E-state index in [4.69, 9.17) is 0 Å². The number of aromatic nitrogens is 2. The minimum Gasteiger partial charge on any atom is -0.332 e. The van der Waals surface area contributed by atoms with Gasteiger partial charge < -0.3 is 5.32 Å². The first-order valence-electron chi connectivity index (χ1n) is 6.88. The van der Waals surface area contributed by atoms with Gasteiger partial charge in [0.05, 0.1) is 11.8 Å². The van der Waals surface area contributed by atoms with E-state index in [0.717, 1.165) is 37.8 Å². The highest BCUT2D eigenvalue weighted by Crippen LogP contribution is 2.27. The number of amides is 1. The summed E-state index contributed by atoms with van der Waals surface area (Å²) in [6.07, 6.45) is 4.63. The van der Waals surface area contributed by atoms with Gasteiger partial charge in [-0.1, -0.05) is 19.3 Å². The molecule has 2 rings (SSSR count). The van der Waals surface area contributed by atoms with Gasteiger partial charge in [-0.3, -0.25) is 9.48 Å². The first-order chi connectivity index (χ1) is 9.10. The number of aryl methyl sites for hydroxylation is 2. The first kappa shape index (κ1) is 13.6. The largest absolute Gasteiger partial charge is 0.332 e. The van der Waals surface area contributed by atoms with E-state index >= 15 is 0 Å². The Balaban J connectivity index is 2.18. The van der Waals surface area contributed by atoms with Crippen LogP contribution in [0.2, 0.25) is 0 Å². The predicted octanol–water partition coefficient (Wildman–Crippen LogP) is 2.17. The summed E-state index contributed by atoms with van der Waals surface area (Å²) in [5, 5.41) is 16.6. The van der Waals surface area contributed by atoms with Crippen LogP contribution in [-0.2, 0) is 6.54 Å². The van der Waals surface area contributed by atoms with Crippen LogP contribution in [0, 0.1) is 18.3 Å². The lowest BCUT2D eigenvalue weighted by molar-refractivity contribution is 0.0891. The van der Waals surface area contributed by atoms with Gasteiger partial charge in [-0.2, -0.15) is 10.4 Å². The van der Waals surface area contributed by atoms with Gasteiger partial charge in [-0.05, 0) is 32.8 Å². The van der Waals surface area contributed by atoms with Crippen molar-refractivity contribution in [1.82, 2.24) is 15.1 Å². The molecular weight excluding hydrogens is 240 g/mol. The van der Waals surface area contributed by atoms with Crippen LogP contribution in [0.25, 0.3) is 0 Å². The number of nitrogens with one attached hydrogen (secondary N) is 1. The molecule has 1 heterocycles. The molecule has 0 aliphatic heterocycles. The molecule has 0 saturated heterocycles. The lowest BCUT2D eigenvalue weighted by Crippen LogP contribution is -2.49. The summed E-state index contributed by atoms with van der Waals surface area (Å²) in [5.41, 5.74) is 0.674. The van der Waals surface area contributed by atoms with E-state index in [1.165, 1.54) is 0 Å². The number of nitriles is 1. The number of carbonyl (C=O) groups is 1. The monoisotopic (exact) mass is 260 g/mol. The number of nitrogens with zero attached hydrogens (tertiary/aromatic N) is 3. The van der Waals surface area contributed by atoms with E-state index < -0.39 is 5.54 Å². The average Bonchev–Trinajstić information content (AvgIpc) is 2.81. The summed E-state index contributed by atoms with van der Waals surface area (Å²) in [4.78, 5) is 12.3. The lowest BCUT2D eigenvalue weighted by atomic mass is 9.83. The van der Waals surface area contributed by atoms with Crippen LogP contribution in [-0.4, -0.2) is 21.2 Å². The highest BCUT2D eigenvalue weighted by atomic mass is 16.2. The van der Waals surface area contributed by atoms with Crippen LogP contribution in [0.15, 0.2) is 6.07 Å². The molecule has 19 heavy (non-hydrogen) atoms. The second-order valence-corrected chi connectivity index (χ2v) is 5.20.